The second-order valence-corrected chi connectivity index (χ2v) is 8.31. The molecule has 0 saturated carbocycles. The number of benzene rings is 3. The van der Waals surface area contributed by atoms with Gasteiger partial charge in [0.2, 0.25) is 0 Å². The van der Waals surface area contributed by atoms with Gasteiger partial charge in [0.15, 0.2) is 11.5 Å². The highest BCUT2D eigenvalue weighted by atomic mass is 79.9. The van der Waals surface area contributed by atoms with E-state index in [0.29, 0.717) is 41.4 Å². The Morgan fingerprint density at radius 2 is 1.77 bits per heavy atom. The van der Waals surface area contributed by atoms with Crippen LogP contribution in [0.2, 0.25) is 0 Å². The van der Waals surface area contributed by atoms with Crippen LogP contribution in [0.25, 0.3) is 11.6 Å². The molecule has 0 heterocycles. The molecule has 0 amide bonds. The fraction of sp³-hybridized carbons (Fsp3) is 0.120. The Morgan fingerprint density at radius 3 is 2.45 bits per heavy atom. The molecule has 0 unspecified atom stereocenters. The molecule has 4 nitrogen and oxygen atoms in total. The number of nitrogens with zero attached hydrogens (tertiary/aromatic N) is 2. The van der Waals surface area contributed by atoms with Gasteiger partial charge in [0.05, 0.1) is 34.4 Å². The lowest BCUT2D eigenvalue weighted by molar-refractivity contribution is 0.267. The zero-order chi connectivity index (χ0) is 22.2. The summed E-state index contributed by atoms with van der Waals surface area (Å²) < 4.78 is 13.6. The van der Waals surface area contributed by atoms with Crippen LogP contribution in [0.5, 0.6) is 11.5 Å². The molecule has 3 aromatic rings. The highest BCUT2D eigenvalue weighted by molar-refractivity contribution is 9.10. The van der Waals surface area contributed by atoms with Crippen LogP contribution >= 0.6 is 31.9 Å². The normalized spacial score (nSPS) is 10.8. The standard InChI is InChI=1S/C25H18Br2N2O2/c1-2-30-24-13-19(11-21(15-29)20-5-3-4-18(10-20)14-28)12-23(27)25(24)31-16-17-6-8-22(26)9-7-17/h3-13H,2,16H2,1H3. The third-order valence-electron chi connectivity index (χ3n) is 4.36. The summed E-state index contributed by atoms with van der Waals surface area (Å²) in [5, 5.41) is 18.8. The number of hydrogen-bond donors (Lipinski definition) is 0. The molecule has 3 aromatic carbocycles. The molecule has 0 atom stereocenters. The van der Waals surface area contributed by atoms with Crippen LogP contribution in [0.3, 0.4) is 0 Å². The number of hydrogen-bond acceptors (Lipinski definition) is 4. The van der Waals surface area contributed by atoms with E-state index in [4.69, 9.17) is 14.7 Å². The summed E-state index contributed by atoms with van der Waals surface area (Å²) in [4.78, 5) is 0. The van der Waals surface area contributed by atoms with Crippen molar-refractivity contribution in [2.75, 3.05) is 6.61 Å². The lowest BCUT2D eigenvalue weighted by Gasteiger charge is -2.15. The maximum atomic E-state index is 9.66. The second kappa shape index (κ2) is 10.8. The van der Waals surface area contributed by atoms with Gasteiger partial charge in [-0.1, -0.05) is 40.2 Å². The summed E-state index contributed by atoms with van der Waals surface area (Å²) in [5.74, 6) is 1.19. The van der Waals surface area contributed by atoms with Gasteiger partial charge in [-0.3, -0.25) is 0 Å². The van der Waals surface area contributed by atoms with E-state index in [1.165, 1.54) is 0 Å². The first-order chi connectivity index (χ1) is 15.0. The molecule has 0 radical (unpaired) electrons. The van der Waals surface area contributed by atoms with Crippen molar-refractivity contribution in [3.8, 4) is 23.6 Å². The second-order valence-electron chi connectivity index (χ2n) is 6.54. The predicted molar refractivity (Wildman–Crippen MR) is 128 cm³/mol. The molecule has 3 rings (SSSR count). The lowest BCUT2D eigenvalue weighted by Crippen LogP contribution is -2.01. The highest BCUT2D eigenvalue weighted by Crippen LogP contribution is 2.38. The van der Waals surface area contributed by atoms with E-state index < -0.39 is 0 Å². The van der Waals surface area contributed by atoms with Crippen molar-refractivity contribution in [2.24, 2.45) is 0 Å². The minimum atomic E-state index is 0.394. The Kier molecular flexibility index (Phi) is 7.89. The maximum absolute atomic E-state index is 9.66. The molecular weight excluding hydrogens is 520 g/mol. The Balaban J connectivity index is 1.93. The average Bonchev–Trinajstić information content (AvgIpc) is 2.78. The zero-order valence-corrected chi connectivity index (χ0v) is 19.9. The minimum absolute atomic E-state index is 0.394. The molecule has 0 aliphatic carbocycles. The average molecular weight is 538 g/mol. The molecule has 0 fully saturated rings. The molecule has 0 spiro atoms. The summed E-state index contributed by atoms with van der Waals surface area (Å²) in [7, 11) is 0. The van der Waals surface area contributed by atoms with Gasteiger partial charge in [-0.25, -0.2) is 0 Å². The summed E-state index contributed by atoms with van der Waals surface area (Å²) in [5.41, 5.74) is 3.46. The van der Waals surface area contributed by atoms with Crippen LogP contribution in [-0.2, 0) is 6.61 Å². The highest BCUT2D eigenvalue weighted by Gasteiger charge is 2.13. The van der Waals surface area contributed by atoms with E-state index >= 15 is 0 Å². The first-order valence-corrected chi connectivity index (χ1v) is 11.1. The fourth-order valence-electron chi connectivity index (χ4n) is 2.91. The number of rotatable bonds is 7. The number of ether oxygens (including phenoxy) is 2. The van der Waals surface area contributed by atoms with Gasteiger partial charge in [-0.05, 0) is 82.0 Å². The number of halogens is 2. The van der Waals surface area contributed by atoms with E-state index in [9.17, 15) is 5.26 Å². The quantitative estimate of drug-likeness (QED) is 0.237. The van der Waals surface area contributed by atoms with Crippen LogP contribution in [-0.4, -0.2) is 6.61 Å². The van der Waals surface area contributed by atoms with Gasteiger partial charge < -0.3 is 9.47 Å². The number of allylic oxidation sites excluding steroid dienone is 1. The molecular formula is C25H18Br2N2O2. The largest absolute Gasteiger partial charge is 0.490 e. The van der Waals surface area contributed by atoms with Crippen molar-refractivity contribution in [2.45, 2.75) is 13.5 Å². The molecule has 0 saturated heterocycles. The van der Waals surface area contributed by atoms with Crippen LogP contribution in [0, 0.1) is 22.7 Å². The summed E-state index contributed by atoms with van der Waals surface area (Å²) in [6, 6.07) is 22.9. The molecule has 0 aliphatic rings. The lowest BCUT2D eigenvalue weighted by atomic mass is 10.0. The van der Waals surface area contributed by atoms with Crippen molar-refractivity contribution >= 4 is 43.5 Å². The van der Waals surface area contributed by atoms with Gasteiger partial charge in [-0.2, -0.15) is 10.5 Å². The molecule has 0 N–H and O–H groups in total. The van der Waals surface area contributed by atoms with E-state index in [-0.39, 0.29) is 0 Å². The van der Waals surface area contributed by atoms with E-state index in [0.717, 1.165) is 20.1 Å². The van der Waals surface area contributed by atoms with Gasteiger partial charge in [0, 0.05) is 4.47 Å². The summed E-state index contributed by atoms with van der Waals surface area (Å²) in [6.45, 7) is 2.78. The van der Waals surface area contributed by atoms with E-state index in [1.54, 1.807) is 24.3 Å². The maximum Gasteiger partial charge on any atom is 0.175 e. The summed E-state index contributed by atoms with van der Waals surface area (Å²) >= 11 is 7.01. The molecule has 0 aliphatic heterocycles. The molecule has 0 bridgehead atoms. The van der Waals surface area contributed by atoms with Crippen LogP contribution in [0.4, 0.5) is 0 Å². The van der Waals surface area contributed by atoms with Crippen molar-refractivity contribution in [3.05, 3.63) is 91.9 Å². The Labute approximate surface area is 198 Å². The minimum Gasteiger partial charge on any atom is -0.490 e. The topological polar surface area (TPSA) is 66.0 Å². The smallest absolute Gasteiger partial charge is 0.175 e. The van der Waals surface area contributed by atoms with Gasteiger partial charge in [-0.15, -0.1) is 0 Å². The fourth-order valence-corrected chi connectivity index (χ4v) is 3.75. The van der Waals surface area contributed by atoms with Crippen molar-refractivity contribution in [3.63, 3.8) is 0 Å². The SMILES string of the molecule is CCOc1cc(C=C(C#N)c2cccc(C#N)c2)cc(Br)c1OCc1ccc(Br)cc1. The third-order valence-corrected chi connectivity index (χ3v) is 5.48. The molecule has 6 heteroatoms. The molecule has 154 valence electrons. The van der Waals surface area contributed by atoms with Crippen molar-refractivity contribution in [1.29, 1.82) is 10.5 Å². The van der Waals surface area contributed by atoms with Crippen LogP contribution in [0.15, 0.2) is 69.6 Å². The van der Waals surface area contributed by atoms with E-state index in [2.05, 4.69) is 44.0 Å². The van der Waals surface area contributed by atoms with Crippen LogP contribution in [0.1, 0.15) is 29.2 Å². The van der Waals surface area contributed by atoms with Gasteiger partial charge in [0.25, 0.3) is 0 Å². The third kappa shape index (κ3) is 5.98. The van der Waals surface area contributed by atoms with Crippen molar-refractivity contribution in [1.82, 2.24) is 0 Å². The monoisotopic (exact) mass is 536 g/mol. The zero-order valence-electron chi connectivity index (χ0n) is 16.7. The molecule has 0 aromatic heterocycles. The van der Waals surface area contributed by atoms with Crippen molar-refractivity contribution < 1.29 is 9.47 Å². The van der Waals surface area contributed by atoms with Gasteiger partial charge >= 0.3 is 0 Å². The Bertz CT molecular complexity index is 1190. The van der Waals surface area contributed by atoms with Gasteiger partial charge in [0.1, 0.15) is 6.61 Å². The Morgan fingerprint density at radius 1 is 1.00 bits per heavy atom. The first-order valence-electron chi connectivity index (χ1n) is 9.50. The van der Waals surface area contributed by atoms with Crippen LogP contribution < -0.4 is 9.47 Å². The predicted octanol–water partition coefficient (Wildman–Crippen LogP) is 7.13. The first kappa shape index (κ1) is 22.6. The number of nitriles is 2. The molecule has 31 heavy (non-hydrogen) atoms. The van der Waals surface area contributed by atoms with E-state index in [1.807, 2.05) is 49.4 Å². The Hall–Kier alpha value is -3.06. The summed E-state index contributed by atoms with van der Waals surface area (Å²) in [6.07, 6.45) is 1.77.